The maximum absolute atomic E-state index is 13.3. The van der Waals surface area contributed by atoms with E-state index < -0.39 is 29.1 Å². The second-order valence-corrected chi connectivity index (χ2v) is 9.27. The lowest BCUT2D eigenvalue weighted by Gasteiger charge is -2.32. The van der Waals surface area contributed by atoms with Crippen molar-refractivity contribution >= 4 is 38.1 Å². The third kappa shape index (κ3) is 3.11. The molecule has 0 unspecified atom stereocenters. The first-order valence-electron chi connectivity index (χ1n) is 9.79. The van der Waals surface area contributed by atoms with E-state index in [1.165, 1.54) is 17.0 Å². The molecule has 2 aliphatic heterocycles. The number of alkyl halides is 2. The number of ether oxygens (including phenoxy) is 1. The van der Waals surface area contributed by atoms with Crippen LogP contribution in [0.1, 0.15) is 12.0 Å². The van der Waals surface area contributed by atoms with Crippen LogP contribution in [0, 0.1) is 0 Å². The Hall–Kier alpha value is -3.20. The summed E-state index contributed by atoms with van der Waals surface area (Å²) in [5, 5.41) is 1.35. The van der Waals surface area contributed by atoms with E-state index in [2.05, 4.69) is 4.74 Å². The van der Waals surface area contributed by atoms with Crippen molar-refractivity contribution < 1.29 is 26.7 Å². The van der Waals surface area contributed by atoms with Crippen LogP contribution in [0.15, 0.2) is 59.5 Å². The van der Waals surface area contributed by atoms with Crippen molar-refractivity contribution in [1.29, 1.82) is 0 Å². The number of carbonyl (C=O) groups is 1. The fourth-order valence-electron chi connectivity index (χ4n) is 4.39. The number of nitrogens with zero attached hydrogens (tertiary/aromatic N) is 2. The molecule has 5 rings (SSSR count). The number of para-hydroxylation sites is 1. The molecule has 0 aliphatic carbocycles. The van der Waals surface area contributed by atoms with E-state index in [9.17, 15) is 22.0 Å². The van der Waals surface area contributed by atoms with E-state index in [1.54, 1.807) is 30.3 Å². The molecule has 0 saturated carbocycles. The summed E-state index contributed by atoms with van der Waals surface area (Å²) >= 11 is 0. The Kier molecular flexibility index (Phi) is 4.58. The first-order valence-corrected chi connectivity index (χ1v) is 11.2. The minimum atomic E-state index is -3.90. The quantitative estimate of drug-likeness (QED) is 0.612. The average molecular weight is 444 g/mol. The summed E-state index contributed by atoms with van der Waals surface area (Å²) < 4.78 is 57.9. The van der Waals surface area contributed by atoms with Gasteiger partial charge in [-0.1, -0.05) is 36.4 Å². The number of carbonyl (C=O) groups excluding carboxylic acids is 1. The van der Waals surface area contributed by atoms with Gasteiger partial charge < -0.3 is 9.64 Å². The third-order valence-corrected chi connectivity index (χ3v) is 7.46. The Labute approximate surface area is 177 Å². The second kappa shape index (κ2) is 7.19. The molecule has 0 saturated heterocycles. The van der Waals surface area contributed by atoms with Gasteiger partial charge in [-0.2, -0.15) is 8.78 Å². The zero-order chi connectivity index (χ0) is 21.8. The van der Waals surface area contributed by atoms with Gasteiger partial charge in [0, 0.05) is 11.9 Å². The molecule has 3 aromatic rings. The number of halogens is 2. The molecule has 0 bridgehead atoms. The Morgan fingerprint density at radius 1 is 1.06 bits per heavy atom. The van der Waals surface area contributed by atoms with Crippen molar-refractivity contribution in [2.75, 3.05) is 22.3 Å². The lowest BCUT2D eigenvalue weighted by Crippen LogP contribution is -2.44. The summed E-state index contributed by atoms with van der Waals surface area (Å²) in [5.41, 5.74) is 1.44. The van der Waals surface area contributed by atoms with E-state index in [-0.39, 0.29) is 16.3 Å². The molecule has 1 amide bonds. The van der Waals surface area contributed by atoms with Crippen LogP contribution in [0.3, 0.4) is 0 Å². The summed E-state index contributed by atoms with van der Waals surface area (Å²) in [6, 6.07) is 15.0. The number of aryl methyl sites for hydroxylation is 1. The normalized spacial score (nSPS) is 16.6. The molecule has 9 heteroatoms. The molecule has 0 N–H and O–H groups in total. The summed E-state index contributed by atoms with van der Waals surface area (Å²) in [6.07, 6.45) is 1.26. The van der Waals surface area contributed by atoms with E-state index >= 15 is 0 Å². The number of amides is 1. The molecule has 31 heavy (non-hydrogen) atoms. The van der Waals surface area contributed by atoms with Crippen molar-refractivity contribution in [3.8, 4) is 5.75 Å². The topological polar surface area (TPSA) is 66.9 Å². The van der Waals surface area contributed by atoms with Crippen molar-refractivity contribution in [1.82, 2.24) is 0 Å². The Bertz CT molecular complexity index is 1300. The van der Waals surface area contributed by atoms with Crippen molar-refractivity contribution in [2.24, 2.45) is 0 Å². The fraction of sp³-hybridized carbons (Fsp3) is 0.227. The maximum Gasteiger partial charge on any atom is 0.387 e. The van der Waals surface area contributed by atoms with Gasteiger partial charge >= 0.3 is 6.61 Å². The largest absolute Gasteiger partial charge is 0.433 e. The predicted octanol–water partition coefficient (Wildman–Crippen LogP) is 3.93. The number of fused-ring (bicyclic) bond motifs is 1. The van der Waals surface area contributed by atoms with Crippen LogP contribution in [0.25, 0.3) is 10.8 Å². The number of rotatable bonds is 4. The molecule has 2 aliphatic rings. The zero-order valence-corrected chi connectivity index (χ0v) is 17.1. The van der Waals surface area contributed by atoms with Crippen LogP contribution in [0.4, 0.5) is 20.2 Å². The molecule has 6 nitrogen and oxygen atoms in total. The van der Waals surface area contributed by atoms with Gasteiger partial charge in [-0.05, 0) is 42.0 Å². The van der Waals surface area contributed by atoms with Gasteiger partial charge in [0.25, 0.3) is 10.0 Å². The molecule has 0 atom stereocenters. The molecular formula is C22H18F2N2O4S. The number of benzene rings is 3. The van der Waals surface area contributed by atoms with Crippen LogP contribution in [-0.2, 0) is 21.2 Å². The van der Waals surface area contributed by atoms with Crippen LogP contribution in [-0.4, -0.2) is 34.0 Å². The van der Waals surface area contributed by atoms with Crippen LogP contribution in [0.5, 0.6) is 5.75 Å². The minimum absolute atomic E-state index is 0.0878. The van der Waals surface area contributed by atoms with Gasteiger partial charge in [0.15, 0.2) is 0 Å². The van der Waals surface area contributed by atoms with E-state index in [1.807, 2.05) is 12.1 Å². The Morgan fingerprint density at radius 2 is 1.81 bits per heavy atom. The average Bonchev–Trinajstić information content (AvgIpc) is 2.96. The predicted molar refractivity (Wildman–Crippen MR) is 112 cm³/mol. The monoisotopic (exact) mass is 444 g/mol. The molecule has 3 aromatic carbocycles. The number of hydrogen-bond donors (Lipinski definition) is 0. The Morgan fingerprint density at radius 3 is 2.58 bits per heavy atom. The molecule has 0 fully saturated rings. The summed E-state index contributed by atoms with van der Waals surface area (Å²) in [6.45, 7) is -3.17. The van der Waals surface area contributed by atoms with Gasteiger partial charge in [0.1, 0.15) is 12.3 Å². The molecular weight excluding hydrogens is 426 g/mol. The molecule has 160 valence electrons. The number of hydrogen-bond acceptors (Lipinski definition) is 4. The van der Waals surface area contributed by atoms with Crippen molar-refractivity contribution in [2.45, 2.75) is 24.3 Å². The van der Waals surface area contributed by atoms with Crippen LogP contribution >= 0.6 is 0 Å². The zero-order valence-electron chi connectivity index (χ0n) is 16.3. The fourth-order valence-corrected chi connectivity index (χ4v) is 6.05. The second-order valence-electron chi connectivity index (χ2n) is 7.43. The lowest BCUT2D eigenvalue weighted by molar-refractivity contribution is -0.117. The van der Waals surface area contributed by atoms with Crippen molar-refractivity contribution in [3.05, 3.63) is 60.2 Å². The maximum atomic E-state index is 13.3. The molecule has 0 aromatic heterocycles. The highest BCUT2D eigenvalue weighted by Crippen LogP contribution is 2.42. The van der Waals surface area contributed by atoms with E-state index in [4.69, 9.17) is 0 Å². The van der Waals surface area contributed by atoms with Crippen LogP contribution < -0.4 is 13.9 Å². The molecule has 0 spiro atoms. The minimum Gasteiger partial charge on any atom is -0.433 e. The SMILES string of the molecule is O=C(CN1c2cccc3cccc(c23)S1(=O)=O)N1CCCc2cccc(OC(F)F)c21. The Balaban J connectivity index is 1.53. The number of anilines is 2. The summed E-state index contributed by atoms with van der Waals surface area (Å²) in [5.74, 6) is -0.588. The molecule has 0 radical (unpaired) electrons. The first kappa shape index (κ1) is 19.7. The van der Waals surface area contributed by atoms with Gasteiger partial charge in [0.05, 0.1) is 16.3 Å². The highest BCUT2D eigenvalue weighted by Gasteiger charge is 2.38. The third-order valence-electron chi connectivity index (χ3n) is 5.66. The van der Waals surface area contributed by atoms with Gasteiger partial charge in [0.2, 0.25) is 5.91 Å². The van der Waals surface area contributed by atoms with Crippen LogP contribution in [0.2, 0.25) is 0 Å². The van der Waals surface area contributed by atoms with E-state index in [0.717, 1.165) is 9.69 Å². The first-order chi connectivity index (χ1) is 14.9. The van der Waals surface area contributed by atoms with Crippen molar-refractivity contribution in [3.63, 3.8) is 0 Å². The van der Waals surface area contributed by atoms with E-state index in [0.29, 0.717) is 36.0 Å². The smallest absolute Gasteiger partial charge is 0.387 e. The standard InChI is InChI=1S/C22H18F2N2O4S/c23-22(24)30-17-10-2-7-15-8-4-12-25(21(15)17)19(27)13-26-16-9-1-5-14-6-3-11-18(20(14)16)31(26,28)29/h1-3,5-7,9-11,22H,4,8,12-13H2. The summed E-state index contributed by atoms with van der Waals surface area (Å²) in [7, 11) is -3.90. The van der Waals surface area contributed by atoms with Gasteiger partial charge in [-0.15, -0.1) is 0 Å². The highest BCUT2D eigenvalue weighted by molar-refractivity contribution is 7.93. The summed E-state index contributed by atoms with van der Waals surface area (Å²) in [4.78, 5) is 14.8. The van der Waals surface area contributed by atoms with Gasteiger partial charge in [-0.25, -0.2) is 8.42 Å². The highest BCUT2D eigenvalue weighted by atomic mass is 32.2. The number of sulfonamides is 1. The van der Waals surface area contributed by atoms with Gasteiger partial charge in [-0.3, -0.25) is 9.10 Å². The molecule has 2 heterocycles. The lowest BCUT2D eigenvalue weighted by atomic mass is 10.0.